The normalized spacial score (nSPS) is 12.6. The van der Waals surface area contributed by atoms with Crippen LogP contribution < -0.4 is 15.4 Å². The lowest BCUT2D eigenvalue weighted by molar-refractivity contribution is -0.274. The van der Waals surface area contributed by atoms with Gasteiger partial charge in [0.25, 0.3) is 5.91 Å². The lowest BCUT2D eigenvalue weighted by Crippen LogP contribution is -2.27. The van der Waals surface area contributed by atoms with E-state index in [1.165, 1.54) is 24.3 Å². The lowest BCUT2D eigenvalue weighted by atomic mass is 9.78. The number of anilines is 1. The maximum atomic E-state index is 14.0. The van der Waals surface area contributed by atoms with Gasteiger partial charge in [0.15, 0.2) is 0 Å². The number of aromatic nitrogens is 1. The number of carboxylic acids is 1. The van der Waals surface area contributed by atoms with Gasteiger partial charge in [0.1, 0.15) is 5.75 Å². The molecule has 2 atom stereocenters. The summed E-state index contributed by atoms with van der Waals surface area (Å²) in [4.78, 5) is 42.5. The first-order valence-electron chi connectivity index (χ1n) is 14.2. The summed E-state index contributed by atoms with van der Waals surface area (Å²) < 4.78 is 42.5. The topological polar surface area (TPSA) is 118 Å². The van der Waals surface area contributed by atoms with Crippen molar-refractivity contribution in [3.05, 3.63) is 101 Å². The molecule has 0 aliphatic carbocycles. The summed E-state index contributed by atoms with van der Waals surface area (Å²) in [5, 5.41) is 15.3. The standard InChI is InChI=1S/C33H32F3N3O5S/c1-3-4-27(21-5-7-24(8-6-21)31(42)37-18-17-29(40)41)30(23-11-15-26(16-12-23)44-33(34,35)36)32(43)39-25-13-9-22(10-14-25)28-19-38-20(2)45-28/h5-16,19,27,30H,3-4,17-18H2,1-2H3,(H,37,42)(H,39,43)(H,40,41)/t27-,30?/m1/s1. The molecule has 0 aliphatic heterocycles. The number of hydrogen-bond donors (Lipinski definition) is 3. The van der Waals surface area contributed by atoms with Crippen LogP contribution in [0.15, 0.2) is 79.0 Å². The summed E-state index contributed by atoms with van der Waals surface area (Å²) in [5.41, 5.74) is 3.07. The summed E-state index contributed by atoms with van der Waals surface area (Å²) >= 11 is 1.55. The molecule has 0 saturated carbocycles. The number of carbonyl (C=O) groups excluding carboxylic acids is 2. The molecule has 3 N–H and O–H groups in total. The Labute approximate surface area is 262 Å². The molecule has 45 heavy (non-hydrogen) atoms. The van der Waals surface area contributed by atoms with Gasteiger partial charge in [0, 0.05) is 24.0 Å². The van der Waals surface area contributed by atoms with Crippen molar-refractivity contribution in [3.63, 3.8) is 0 Å². The SMILES string of the molecule is CCC[C@H](c1ccc(C(=O)NCCC(=O)O)cc1)C(C(=O)Nc1ccc(-c2cnc(C)s2)cc1)c1ccc(OC(F)(F)F)cc1. The molecule has 0 fully saturated rings. The van der Waals surface area contributed by atoms with E-state index in [0.29, 0.717) is 29.7 Å². The number of benzene rings is 3. The fourth-order valence-electron chi connectivity index (χ4n) is 4.98. The minimum atomic E-state index is -4.85. The number of halogens is 3. The molecule has 4 rings (SSSR count). The second-order valence-electron chi connectivity index (χ2n) is 10.3. The van der Waals surface area contributed by atoms with Crippen molar-refractivity contribution in [1.29, 1.82) is 0 Å². The van der Waals surface area contributed by atoms with Crippen LogP contribution >= 0.6 is 11.3 Å². The third kappa shape index (κ3) is 9.39. The zero-order chi connectivity index (χ0) is 32.6. The van der Waals surface area contributed by atoms with Crippen molar-refractivity contribution in [3.8, 4) is 16.2 Å². The second-order valence-corrected chi connectivity index (χ2v) is 11.6. The number of ether oxygens (including phenoxy) is 1. The molecule has 8 nitrogen and oxygen atoms in total. The fourth-order valence-corrected chi connectivity index (χ4v) is 5.76. The van der Waals surface area contributed by atoms with Gasteiger partial charge >= 0.3 is 12.3 Å². The molecule has 2 amide bonds. The van der Waals surface area contributed by atoms with Gasteiger partial charge in [-0.05, 0) is 72.4 Å². The van der Waals surface area contributed by atoms with Gasteiger partial charge in [-0.25, -0.2) is 4.98 Å². The second kappa shape index (κ2) is 14.8. The zero-order valence-corrected chi connectivity index (χ0v) is 25.4. The van der Waals surface area contributed by atoms with E-state index in [0.717, 1.165) is 21.0 Å². The molecule has 0 saturated heterocycles. The number of carboxylic acid groups (broad SMARTS) is 1. The predicted molar refractivity (Wildman–Crippen MR) is 165 cm³/mol. The van der Waals surface area contributed by atoms with E-state index in [4.69, 9.17) is 5.11 Å². The number of amides is 2. The number of aliphatic carboxylic acids is 1. The first-order chi connectivity index (χ1) is 21.4. The van der Waals surface area contributed by atoms with E-state index >= 15 is 0 Å². The molecule has 3 aromatic carbocycles. The Morgan fingerprint density at radius 3 is 2.16 bits per heavy atom. The molecule has 0 radical (unpaired) electrons. The molecule has 12 heteroatoms. The Morgan fingerprint density at radius 2 is 1.60 bits per heavy atom. The molecular formula is C33H32F3N3O5S. The van der Waals surface area contributed by atoms with Crippen LogP contribution in [0.3, 0.4) is 0 Å². The Bertz CT molecular complexity index is 1600. The third-order valence-electron chi connectivity index (χ3n) is 7.04. The molecule has 1 unspecified atom stereocenters. The van der Waals surface area contributed by atoms with Gasteiger partial charge < -0.3 is 20.5 Å². The van der Waals surface area contributed by atoms with Crippen LogP contribution in [0.5, 0.6) is 5.75 Å². The number of rotatable bonds is 13. The number of nitrogens with zero attached hydrogens (tertiary/aromatic N) is 1. The quantitative estimate of drug-likeness (QED) is 0.139. The molecular weight excluding hydrogens is 607 g/mol. The highest BCUT2D eigenvalue weighted by Gasteiger charge is 2.33. The van der Waals surface area contributed by atoms with Crippen molar-refractivity contribution in [2.24, 2.45) is 0 Å². The van der Waals surface area contributed by atoms with Gasteiger partial charge in [-0.1, -0.05) is 49.7 Å². The van der Waals surface area contributed by atoms with Gasteiger partial charge in [-0.2, -0.15) is 0 Å². The monoisotopic (exact) mass is 639 g/mol. The summed E-state index contributed by atoms with van der Waals surface area (Å²) in [6, 6.07) is 19.3. The van der Waals surface area contributed by atoms with Crippen molar-refractivity contribution in [2.45, 2.75) is 51.3 Å². The first-order valence-corrected chi connectivity index (χ1v) is 15.0. The molecule has 0 bridgehead atoms. The van der Waals surface area contributed by atoms with Crippen LogP contribution in [0.25, 0.3) is 10.4 Å². The van der Waals surface area contributed by atoms with Crippen LogP contribution in [0.1, 0.15) is 64.5 Å². The molecule has 0 spiro atoms. The molecule has 4 aromatic rings. The van der Waals surface area contributed by atoms with Gasteiger partial charge in [-0.15, -0.1) is 24.5 Å². The highest BCUT2D eigenvalue weighted by atomic mass is 32.1. The Balaban J connectivity index is 1.63. The Hall–Kier alpha value is -4.71. The highest BCUT2D eigenvalue weighted by Crippen LogP contribution is 2.39. The Morgan fingerprint density at radius 1 is 0.956 bits per heavy atom. The van der Waals surface area contributed by atoms with Crippen molar-refractivity contribution < 1.29 is 37.4 Å². The average Bonchev–Trinajstić information content (AvgIpc) is 3.43. The van der Waals surface area contributed by atoms with Gasteiger partial charge in [0.05, 0.1) is 22.2 Å². The lowest BCUT2D eigenvalue weighted by Gasteiger charge is -2.28. The minimum Gasteiger partial charge on any atom is -0.481 e. The summed E-state index contributed by atoms with van der Waals surface area (Å²) in [6.07, 6.45) is -2.01. The Kier molecular flexibility index (Phi) is 10.9. The predicted octanol–water partition coefficient (Wildman–Crippen LogP) is 7.53. The van der Waals surface area contributed by atoms with Crippen LogP contribution in [-0.2, 0) is 9.59 Å². The number of nitrogens with one attached hydrogen (secondary N) is 2. The number of thiazole rings is 1. The fraction of sp³-hybridized carbons (Fsp3) is 0.273. The number of alkyl halides is 3. The van der Waals surface area contributed by atoms with E-state index in [9.17, 15) is 27.6 Å². The van der Waals surface area contributed by atoms with Gasteiger partial charge in [-0.3, -0.25) is 14.4 Å². The number of aryl methyl sites for hydroxylation is 1. The van der Waals surface area contributed by atoms with E-state index in [-0.39, 0.29) is 18.9 Å². The maximum absolute atomic E-state index is 14.0. The largest absolute Gasteiger partial charge is 0.573 e. The van der Waals surface area contributed by atoms with Crippen molar-refractivity contribution in [2.75, 3.05) is 11.9 Å². The van der Waals surface area contributed by atoms with Crippen molar-refractivity contribution in [1.82, 2.24) is 10.3 Å². The third-order valence-corrected chi connectivity index (χ3v) is 8.00. The highest BCUT2D eigenvalue weighted by molar-refractivity contribution is 7.15. The number of hydrogen-bond acceptors (Lipinski definition) is 6. The molecule has 1 heterocycles. The summed E-state index contributed by atoms with van der Waals surface area (Å²) in [7, 11) is 0. The number of carbonyl (C=O) groups is 3. The van der Waals surface area contributed by atoms with Crippen LogP contribution in [0.4, 0.5) is 18.9 Å². The van der Waals surface area contributed by atoms with Crippen LogP contribution in [-0.4, -0.2) is 40.8 Å². The maximum Gasteiger partial charge on any atom is 0.573 e. The first kappa shape index (κ1) is 33.2. The smallest absolute Gasteiger partial charge is 0.481 e. The minimum absolute atomic E-state index is 0.0183. The summed E-state index contributed by atoms with van der Waals surface area (Å²) in [6.45, 7) is 3.87. The van der Waals surface area contributed by atoms with E-state index in [1.54, 1.807) is 53.9 Å². The molecule has 1 aromatic heterocycles. The van der Waals surface area contributed by atoms with E-state index in [1.807, 2.05) is 26.0 Å². The van der Waals surface area contributed by atoms with Crippen LogP contribution in [0, 0.1) is 6.92 Å². The van der Waals surface area contributed by atoms with Crippen molar-refractivity contribution >= 4 is 34.8 Å². The zero-order valence-electron chi connectivity index (χ0n) is 24.6. The van der Waals surface area contributed by atoms with Crippen LogP contribution in [0.2, 0.25) is 0 Å². The molecule has 236 valence electrons. The summed E-state index contributed by atoms with van der Waals surface area (Å²) in [5.74, 6) is -3.40. The van der Waals surface area contributed by atoms with E-state index in [2.05, 4.69) is 20.4 Å². The van der Waals surface area contributed by atoms with Gasteiger partial charge in [0.2, 0.25) is 5.91 Å². The van der Waals surface area contributed by atoms with E-state index < -0.39 is 35.8 Å². The average molecular weight is 640 g/mol. The molecule has 0 aliphatic rings.